The van der Waals surface area contributed by atoms with E-state index in [0.717, 1.165) is 5.69 Å². The third-order valence-corrected chi connectivity index (χ3v) is 9.89. The van der Waals surface area contributed by atoms with E-state index in [1.807, 2.05) is 0 Å². The van der Waals surface area contributed by atoms with E-state index in [0.29, 0.717) is 0 Å². The number of hydrogen-bond donors (Lipinski definition) is 0. The number of anilines is 3. The molecule has 0 saturated heterocycles. The summed E-state index contributed by atoms with van der Waals surface area (Å²) >= 11 is 0. The highest BCUT2D eigenvalue weighted by Gasteiger charge is 2.35. The van der Waals surface area contributed by atoms with Crippen LogP contribution in [0.4, 0.5) is 17.1 Å². The molecule has 1 nitrogen and oxygen atoms in total. The van der Waals surface area contributed by atoms with Gasteiger partial charge in [0.25, 0.3) is 0 Å². The van der Waals surface area contributed by atoms with Gasteiger partial charge in [-0.3, -0.25) is 0 Å². The Labute approximate surface area is 261 Å². The summed E-state index contributed by atoms with van der Waals surface area (Å²) in [5, 5.41) is 0. The van der Waals surface area contributed by atoms with Crippen molar-refractivity contribution in [3.63, 3.8) is 0 Å². The van der Waals surface area contributed by atoms with E-state index in [-0.39, 0.29) is 5.41 Å². The van der Waals surface area contributed by atoms with Gasteiger partial charge in [-0.25, -0.2) is 0 Å². The van der Waals surface area contributed by atoms with Gasteiger partial charge in [-0.05, 0) is 106 Å². The number of aryl methyl sites for hydroxylation is 1. The van der Waals surface area contributed by atoms with Gasteiger partial charge in [0.1, 0.15) is 0 Å². The lowest BCUT2D eigenvalue weighted by Crippen LogP contribution is -2.16. The molecule has 1 heteroatoms. The molecule has 8 rings (SSSR count). The van der Waals surface area contributed by atoms with Gasteiger partial charge < -0.3 is 4.90 Å². The van der Waals surface area contributed by atoms with Crippen molar-refractivity contribution in [2.45, 2.75) is 44.9 Å². The van der Waals surface area contributed by atoms with E-state index in [1.165, 1.54) is 92.7 Å². The summed E-state index contributed by atoms with van der Waals surface area (Å²) in [5.74, 6) is 0. The third-order valence-electron chi connectivity index (χ3n) is 9.89. The predicted molar refractivity (Wildman–Crippen MR) is 186 cm³/mol. The fourth-order valence-electron chi connectivity index (χ4n) is 7.63. The van der Waals surface area contributed by atoms with Gasteiger partial charge in [0, 0.05) is 22.4 Å². The van der Waals surface area contributed by atoms with Crippen LogP contribution < -0.4 is 4.90 Å². The van der Waals surface area contributed by atoms with Gasteiger partial charge in [0.15, 0.2) is 0 Å². The Kier molecular flexibility index (Phi) is 6.49. The van der Waals surface area contributed by atoms with Crippen LogP contribution >= 0.6 is 0 Å². The van der Waals surface area contributed by atoms with Gasteiger partial charge in [-0.1, -0.05) is 123 Å². The van der Waals surface area contributed by atoms with Crippen molar-refractivity contribution < 1.29 is 0 Å². The van der Waals surface area contributed by atoms with Gasteiger partial charge in [0.05, 0.1) is 5.69 Å². The minimum atomic E-state index is -0.0667. The number of para-hydroxylation sites is 1. The van der Waals surface area contributed by atoms with Crippen molar-refractivity contribution >= 4 is 17.1 Å². The standard InChI is InChI=1S/C43H37N/c1-43(2)40-21-10-8-19-38(40)39-28-27-34(29-41(39)43)44(42-22-11-9-18-37(42)31-13-4-3-5-14-31)33-25-23-32(24-26-33)36-20-12-16-30-15-6-7-17-35(30)36/h3-5,8-14,16,18-29H,6-7,15,17H2,1-2H3. The lowest BCUT2D eigenvalue weighted by atomic mass is 9.82. The largest absolute Gasteiger partial charge is 0.310 e. The first kappa shape index (κ1) is 26.7. The monoisotopic (exact) mass is 567 g/mol. The lowest BCUT2D eigenvalue weighted by Gasteiger charge is -2.30. The van der Waals surface area contributed by atoms with Crippen LogP contribution in [0.2, 0.25) is 0 Å². The van der Waals surface area contributed by atoms with Crippen LogP contribution in [0.25, 0.3) is 33.4 Å². The Bertz CT molecular complexity index is 1980. The molecule has 0 heterocycles. The molecule has 2 aliphatic rings. The molecule has 0 radical (unpaired) electrons. The molecule has 0 N–H and O–H groups in total. The SMILES string of the molecule is CC1(C)c2ccccc2-c2ccc(N(c3ccc(-c4cccc5c4CCCC5)cc3)c3ccccc3-c3ccccc3)cc21. The summed E-state index contributed by atoms with van der Waals surface area (Å²) in [6.45, 7) is 4.72. The Hall–Kier alpha value is -4.88. The number of rotatable bonds is 5. The lowest BCUT2D eigenvalue weighted by molar-refractivity contribution is 0.660. The maximum atomic E-state index is 2.45. The zero-order valence-electron chi connectivity index (χ0n) is 25.6. The zero-order valence-corrected chi connectivity index (χ0v) is 25.6. The van der Waals surface area contributed by atoms with E-state index >= 15 is 0 Å². The maximum absolute atomic E-state index is 2.45. The molecular formula is C43H37N. The van der Waals surface area contributed by atoms with E-state index in [4.69, 9.17) is 0 Å². The fraction of sp³-hybridized carbons (Fsp3) is 0.163. The van der Waals surface area contributed by atoms with Crippen LogP contribution in [0.1, 0.15) is 48.9 Å². The summed E-state index contributed by atoms with van der Waals surface area (Å²) in [4.78, 5) is 2.45. The predicted octanol–water partition coefficient (Wildman–Crippen LogP) is 11.7. The van der Waals surface area contributed by atoms with Crippen LogP contribution in [0.15, 0.2) is 140 Å². The Morgan fingerprint density at radius 1 is 0.477 bits per heavy atom. The van der Waals surface area contributed by atoms with Gasteiger partial charge >= 0.3 is 0 Å². The van der Waals surface area contributed by atoms with Gasteiger partial charge in [-0.15, -0.1) is 0 Å². The summed E-state index contributed by atoms with van der Waals surface area (Å²) < 4.78 is 0. The number of hydrogen-bond acceptors (Lipinski definition) is 1. The first-order valence-electron chi connectivity index (χ1n) is 16.0. The molecule has 0 amide bonds. The van der Waals surface area contributed by atoms with Crippen LogP contribution in [0, 0.1) is 0 Å². The molecule has 214 valence electrons. The van der Waals surface area contributed by atoms with Crippen molar-refractivity contribution in [2.75, 3.05) is 4.90 Å². The Balaban J connectivity index is 1.29. The summed E-state index contributed by atoms with van der Waals surface area (Å²) in [6, 6.07) is 51.7. The van der Waals surface area contributed by atoms with Gasteiger partial charge in [-0.2, -0.15) is 0 Å². The normalized spacial score (nSPS) is 14.4. The third kappa shape index (κ3) is 4.38. The number of nitrogens with zero attached hydrogens (tertiary/aromatic N) is 1. The maximum Gasteiger partial charge on any atom is 0.0540 e. The summed E-state index contributed by atoms with van der Waals surface area (Å²) in [7, 11) is 0. The van der Waals surface area contributed by atoms with E-state index < -0.39 is 0 Å². The van der Waals surface area contributed by atoms with E-state index in [2.05, 4.69) is 158 Å². The van der Waals surface area contributed by atoms with E-state index in [1.54, 1.807) is 0 Å². The van der Waals surface area contributed by atoms with Crippen molar-refractivity contribution in [3.05, 3.63) is 162 Å². The molecule has 2 aliphatic carbocycles. The first-order chi connectivity index (χ1) is 21.6. The molecule has 6 aromatic carbocycles. The molecule has 0 atom stereocenters. The minimum Gasteiger partial charge on any atom is -0.310 e. The second-order valence-corrected chi connectivity index (χ2v) is 12.8. The quantitative estimate of drug-likeness (QED) is 0.200. The summed E-state index contributed by atoms with van der Waals surface area (Å²) in [6.07, 6.45) is 4.96. The second-order valence-electron chi connectivity index (χ2n) is 12.8. The molecule has 0 fully saturated rings. The Morgan fingerprint density at radius 2 is 1.11 bits per heavy atom. The molecule has 0 bridgehead atoms. The van der Waals surface area contributed by atoms with E-state index in [9.17, 15) is 0 Å². The van der Waals surface area contributed by atoms with Crippen LogP contribution in [0.5, 0.6) is 0 Å². The van der Waals surface area contributed by atoms with Crippen molar-refractivity contribution in [1.82, 2.24) is 0 Å². The smallest absolute Gasteiger partial charge is 0.0540 e. The van der Waals surface area contributed by atoms with Crippen LogP contribution in [-0.4, -0.2) is 0 Å². The average Bonchev–Trinajstić information content (AvgIpc) is 3.31. The molecular weight excluding hydrogens is 530 g/mol. The molecule has 0 aliphatic heterocycles. The van der Waals surface area contributed by atoms with Crippen molar-refractivity contribution in [3.8, 4) is 33.4 Å². The fourth-order valence-corrected chi connectivity index (χ4v) is 7.63. The van der Waals surface area contributed by atoms with Crippen LogP contribution in [-0.2, 0) is 18.3 Å². The highest BCUT2D eigenvalue weighted by molar-refractivity contribution is 5.91. The molecule has 6 aromatic rings. The highest BCUT2D eigenvalue weighted by atomic mass is 15.1. The van der Waals surface area contributed by atoms with Crippen molar-refractivity contribution in [2.24, 2.45) is 0 Å². The number of fused-ring (bicyclic) bond motifs is 4. The topological polar surface area (TPSA) is 3.24 Å². The second kappa shape index (κ2) is 10.7. The first-order valence-corrected chi connectivity index (χ1v) is 16.0. The minimum absolute atomic E-state index is 0.0667. The van der Waals surface area contributed by atoms with Crippen molar-refractivity contribution in [1.29, 1.82) is 0 Å². The zero-order chi connectivity index (χ0) is 29.7. The molecule has 0 saturated carbocycles. The molecule has 0 unspecified atom stereocenters. The summed E-state index contributed by atoms with van der Waals surface area (Å²) in [5.41, 5.74) is 17.1. The average molecular weight is 568 g/mol. The van der Waals surface area contributed by atoms with Gasteiger partial charge in [0.2, 0.25) is 0 Å². The highest BCUT2D eigenvalue weighted by Crippen LogP contribution is 2.51. The Morgan fingerprint density at radius 3 is 1.95 bits per heavy atom. The molecule has 44 heavy (non-hydrogen) atoms. The molecule has 0 spiro atoms. The number of benzene rings is 6. The van der Waals surface area contributed by atoms with Crippen LogP contribution in [0.3, 0.4) is 0 Å². The molecule has 0 aromatic heterocycles.